The minimum Gasteiger partial charge on any atom is -0.317 e. The molecule has 0 spiro atoms. The molecule has 2 rings (SSSR count). The lowest BCUT2D eigenvalue weighted by molar-refractivity contribution is -0.385. The SMILES string of the molecule is Cc1c([N+](=O)[O-])cc(Cl)c2c1C(=O)C(=O)N2. The second-order valence-electron chi connectivity index (χ2n) is 3.29. The van der Waals surface area contributed by atoms with Crippen molar-refractivity contribution in [3.63, 3.8) is 0 Å². The van der Waals surface area contributed by atoms with Crippen LogP contribution in [0.3, 0.4) is 0 Å². The van der Waals surface area contributed by atoms with E-state index in [4.69, 9.17) is 11.6 Å². The van der Waals surface area contributed by atoms with Gasteiger partial charge in [0.2, 0.25) is 0 Å². The highest BCUT2D eigenvalue weighted by atomic mass is 35.5. The first-order valence-corrected chi connectivity index (χ1v) is 4.64. The number of fused-ring (bicyclic) bond motifs is 1. The Morgan fingerprint density at radius 2 is 2.06 bits per heavy atom. The van der Waals surface area contributed by atoms with Crippen LogP contribution in [0.2, 0.25) is 5.02 Å². The fraction of sp³-hybridized carbons (Fsp3) is 0.111. The molecule has 1 amide bonds. The van der Waals surface area contributed by atoms with Crippen molar-refractivity contribution in [3.8, 4) is 0 Å². The predicted molar refractivity (Wildman–Crippen MR) is 55.8 cm³/mol. The van der Waals surface area contributed by atoms with Crippen LogP contribution in [0.1, 0.15) is 15.9 Å². The lowest BCUT2D eigenvalue weighted by atomic mass is 10.0. The number of halogens is 1. The molecule has 7 heteroatoms. The van der Waals surface area contributed by atoms with Crippen molar-refractivity contribution in [3.05, 3.63) is 32.3 Å². The molecule has 0 saturated carbocycles. The molecular weight excluding hydrogens is 236 g/mol. The van der Waals surface area contributed by atoms with Crippen LogP contribution in [-0.2, 0) is 4.79 Å². The van der Waals surface area contributed by atoms with E-state index in [1.165, 1.54) is 6.92 Å². The third-order valence-electron chi connectivity index (χ3n) is 2.38. The number of rotatable bonds is 1. The first-order chi connectivity index (χ1) is 7.43. The average Bonchev–Trinajstić information content (AvgIpc) is 2.50. The van der Waals surface area contributed by atoms with Gasteiger partial charge < -0.3 is 5.32 Å². The molecule has 16 heavy (non-hydrogen) atoms. The molecule has 1 heterocycles. The molecule has 1 N–H and O–H groups in total. The molecule has 1 aliphatic rings. The molecule has 0 unspecified atom stereocenters. The molecule has 82 valence electrons. The Bertz CT molecular complexity index is 553. The quantitative estimate of drug-likeness (QED) is 0.459. The van der Waals surface area contributed by atoms with Gasteiger partial charge in [-0.05, 0) is 6.92 Å². The van der Waals surface area contributed by atoms with Gasteiger partial charge in [0.25, 0.3) is 17.4 Å². The summed E-state index contributed by atoms with van der Waals surface area (Å²) in [6.45, 7) is 1.41. The van der Waals surface area contributed by atoms with Crippen molar-refractivity contribution in [1.29, 1.82) is 0 Å². The van der Waals surface area contributed by atoms with Gasteiger partial charge in [-0.25, -0.2) is 0 Å². The number of amides is 1. The van der Waals surface area contributed by atoms with E-state index >= 15 is 0 Å². The van der Waals surface area contributed by atoms with Crippen molar-refractivity contribution in [2.24, 2.45) is 0 Å². The maximum atomic E-state index is 11.5. The number of hydrogen-bond acceptors (Lipinski definition) is 4. The van der Waals surface area contributed by atoms with Crippen LogP contribution >= 0.6 is 11.6 Å². The Morgan fingerprint density at radius 3 is 2.62 bits per heavy atom. The second kappa shape index (κ2) is 3.28. The van der Waals surface area contributed by atoms with E-state index in [2.05, 4.69) is 5.32 Å². The molecule has 0 fully saturated rings. The summed E-state index contributed by atoms with van der Waals surface area (Å²) in [4.78, 5) is 32.6. The van der Waals surface area contributed by atoms with Gasteiger partial charge in [0.15, 0.2) is 0 Å². The zero-order valence-corrected chi connectivity index (χ0v) is 8.79. The Morgan fingerprint density at radius 1 is 1.44 bits per heavy atom. The third kappa shape index (κ3) is 1.27. The summed E-state index contributed by atoms with van der Waals surface area (Å²) in [5.41, 5.74) is 0.0188. The molecule has 6 nitrogen and oxygen atoms in total. The molecule has 0 atom stereocenters. The number of carbonyl (C=O) groups excluding carboxylic acids is 2. The standard InChI is InChI=1S/C9H5ClN2O4/c1-3-5(12(15)16)2-4(10)7-6(3)8(13)9(14)11-7/h2H,1H3,(H,11,13,14). The third-order valence-corrected chi connectivity index (χ3v) is 2.68. The van der Waals surface area contributed by atoms with E-state index in [1.54, 1.807) is 0 Å². The molecule has 0 aliphatic carbocycles. The maximum absolute atomic E-state index is 11.5. The van der Waals surface area contributed by atoms with Gasteiger partial charge in [0.05, 0.1) is 21.2 Å². The summed E-state index contributed by atoms with van der Waals surface area (Å²) >= 11 is 5.75. The largest absolute Gasteiger partial charge is 0.317 e. The van der Waals surface area contributed by atoms with Crippen molar-refractivity contribution < 1.29 is 14.5 Å². The minimum atomic E-state index is -0.819. The van der Waals surface area contributed by atoms with Crippen molar-refractivity contribution >= 4 is 34.7 Å². The fourth-order valence-electron chi connectivity index (χ4n) is 1.61. The predicted octanol–water partition coefficient (Wildman–Crippen LogP) is 1.69. The zero-order chi connectivity index (χ0) is 12.0. The number of nitro benzene ring substituents is 1. The number of benzene rings is 1. The van der Waals surface area contributed by atoms with Gasteiger partial charge in [-0.3, -0.25) is 19.7 Å². The van der Waals surface area contributed by atoms with E-state index in [0.717, 1.165) is 6.07 Å². The lowest BCUT2D eigenvalue weighted by Gasteiger charge is -2.04. The average molecular weight is 241 g/mol. The molecule has 1 aliphatic heterocycles. The van der Waals surface area contributed by atoms with Crippen LogP contribution in [0.25, 0.3) is 0 Å². The number of Topliss-reactive ketones (excluding diaryl/α,β-unsaturated/α-hetero) is 1. The van der Waals surface area contributed by atoms with Gasteiger partial charge in [0.1, 0.15) is 0 Å². The van der Waals surface area contributed by atoms with Gasteiger partial charge in [0, 0.05) is 11.6 Å². The number of carbonyl (C=O) groups is 2. The van der Waals surface area contributed by atoms with E-state index in [-0.39, 0.29) is 27.5 Å². The molecule has 1 aromatic carbocycles. The first-order valence-electron chi connectivity index (χ1n) is 4.26. The lowest BCUT2D eigenvalue weighted by Crippen LogP contribution is -2.13. The second-order valence-corrected chi connectivity index (χ2v) is 3.70. The normalized spacial score (nSPS) is 13.6. The topological polar surface area (TPSA) is 89.3 Å². The van der Waals surface area contributed by atoms with Gasteiger partial charge >= 0.3 is 0 Å². The minimum absolute atomic E-state index is 0.00787. The molecule has 0 radical (unpaired) electrons. The van der Waals surface area contributed by atoms with Gasteiger partial charge in [-0.1, -0.05) is 11.6 Å². The highest BCUT2D eigenvalue weighted by Gasteiger charge is 2.35. The van der Waals surface area contributed by atoms with Crippen molar-refractivity contribution in [1.82, 2.24) is 0 Å². The van der Waals surface area contributed by atoms with Crippen molar-refractivity contribution in [2.75, 3.05) is 5.32 Å². The number of ketones is 1. The van der Waals surface area contributed by atoms with Crippen LogP contribution < -0.4 is 5.32 Å². The van der Waals surface area contributed by atoms with Crippen LogP contribution in [0, 0.1) is 17.0 Å². The van der Waals surface area contributed by atoms with Crippen LogP contribution in [-0.4, -0.2) is 16.6 Å². The summed E-state index contributed by atoms with van der Waals surface area (Å²) in [5.74, 6) is -1.61. The van der Waals surface area contributed by atoms with E-state index in [1.807, 2.05) is 0 Å². The fourth-order valence-corrected chi connectivity index (χ4v) is 1.86. The van der Waals surface area contributed by atoms with Crippen molar-refractivity contribution in [2.45, 2.75) is 6.92 Å². The summed E-state index contributed by atoms with van der Waals surface area (Å²) in [7, 11) is 0. The monoisotopic (exact) mass is 240 g/mol. The number of nitrogens with one attached hydrogen (secondary N) is 1. The van der Waals surface area contributed by atoms with Crippen LogP contribution in [0.5, 0.6) is 0 Å². The van der Waals surface area contributed by atoms with Gasteiger partial charge in [-0.2, -0.15) is 0 Å². The van der Waals surface area contributed by atoms with E-state index in [9.17, 15) is 19.7 Å². The Labute approximate surface area is 94.3 Å². The molecule has 0 bridgehead atoms. The van der Waals surface area contributed by atoms with Gasteiger partial charge in [-0.15, -0.1) is 0 Å². The highest BCUT2D eigenvalue weighted by Crippen LogP contribution is 2.38. The molecular formula is C9H5ClN2O4. The summed E-state index contributed by atoms with van der Waals surface area (Å²) in [5, 5.41) is 13.0. The first kappa shape index (κ1) is 10.6. The van der Waals surface area contributed by atoms with E-state index in [0.29, 0.717) is 0 Å². The van der Waals surface area contributed by atoms with E-state index < -0.39 is 16.6 Å². The summed E-state index contributed by atoms with van der Waals surface area (Å²) in [6, 6.07) is 1.12. The Hall–Kier alpha value is -1.95. The van der Waals surface area contributed by atoms with Crippen LogP contribution in [0.4, 0.5) is 11.4 Å². The zero-order valence-electron chi connectivity index (χ0n) is 8.04. The Kier molecular flexibility index (Phi) is 2.16. The van der Waals surface area contributed by atoms with Crippen LogP contribution in [0.15, 0.2) is 6.07 Å². The highest BCUT2D eigenvalue weighted by molar-refractivity contribution is 6.54. The number of anilines is 1. The Balaban J connectivity index is 2.79. The maximum Gasteiger partial charge on any atom is 0.296 e. The summed E-state index contributed by atoms with van der Waals surface area (Å²) < 4.78 is 0. The number of nitro groups is 1. The number of nitrogens with zero attached hydrogens (tertiary/aromatic N) is 1. The smallest absolute Gasteiger partial charge is 0.296 e. The number of hydrogen-bond donors (Lipinski definition) is 1. The molecule has 1 aromatic rings. The molecule has 0 saturated heterocycles. The molecule has 0 aromatic heterocycles. The summed E-state index contributed by atoms with van der Waals surface area (Å²) in [6.07, 6.45) is 0.